The van der Waals surface area contributed by atoms with E-state index in [1.54, 1.807) is 32.4 Å². The van der Waals surface area contributed by atoms with Gasteiger partial charge in [0, 0.05) is 0 Å². The molecule has 3 rings (SSSR count). The zero-order valence-electron chi connectivity index (χ0n) is 13.7. The zero-order valence-corrected chi connectivity index (χ0v) is 16.2. The Hall–Kier alpha value is -1.58. The quantitative estimate of drug-likeness (QED) is 0.567. The maximum absolute atomic E-state index is 12.7. The topological polar surface area (TPSA) is 72.9 Å². The molecule has 0 bridgehead atoms. The Balaban J connectivity index is 1.86. The molecule has 1 aromatic rings. The van der Waals surface area contributed by atoms with E-state index < -0.39 is 9.84 Å². The average Bonchev–Trinajstić information content (AvgIpc) is 3.06. The number of benzene rings is 1. The van der Waals surface area contributed by atoms with Gasteiger partial charge in [-0.15, -0.1) is 0 Å². The lowest BCUT2D eigenvalue weighted by atomic mass is 10.1. The Morgan fingerprint density at radius 1 is 1.28 bits per heavy atom. The summed E-state index contributed by atoms with van der Waals surface area (Å²) in [7, 11) is 0.0117. The molecule has 2 heterocycles. The molecule has 0 aliphatic carbocycles. The van der Waals surface area contributed by atoms with Gasteiger partial charge in [0.05, 0.1) is 36.7 Å². The Labute approximate surface area is 156 Å². The van der Waals surface area contributed by atoms with Crippen molar-refractivity contribution in [3.05, 3.63) is 28.7 Å². The lowest BCUT2D eigenvalue weighted by Crippen LogP contribution is -2.39. The van der Waals surface area contributed by atoms with Crippen LogP contribution in [0.4, 0.5) is 0 Å². The SMILES string of the molecule is COc1ccc(/C=C2/SC(=S)N([C@@H]3CCS(=O)(=O)C3)C2=O)cc1OC. The summed E-state index contributed by atoms with van der Waals surface area (Å²) < 4.78 is 34.2. The summed E-state index contributed by atoms with van der Waals surface area (Å²) in [5.41, 5.74) is 0.775. The third-order valence-corrected chi connectivity index (χ3v) is 7.18. The van der Waals surface area contributed by atoms with Crippen molar-refractivity contribution in [3.63, 3.8) is 0 Å². The molecule has 0 radical (unpaired) electrons. The summed E-state index contributed by atoms with van der Waals surface area (Å²) in [6, 6.07) is 4.97. The number of hydrogen-bond acceptors (Lipinski definition) is 7. The molecule has 0 aromatic heterocycles. The summed E-state index contributed by atoms with van der Waals surface area (Å²) in [4.78, 5) is 14.6. The van der Waals surface area contributed by atoms with Crippen molar-refractivity contribution < 1.29 is 22.7 Å². The largest absolute Gasteiger partial charge is 0.493 e. The Morgan fingerprint density at radius 3 is 2.60 bits per heavy atom. The van der Waals surface area contributed by atoms with E-state index in [0.717, 1.165) is 5.56 Å². The second-order valence-corrected chi connectivity index (χ2v) is 9.63. The van der Waals surface area contributed by atoms with Crippen molar-refractivity contribution in [2.75, 3.05) is 25.7 Å². The lowest BCUT2D eigenvalue weighted by Gasteiger charge is -2.20. The molecule has 1 atom stereocenters. The third-order valence-electron chi connectivity index (χ3n) is 4.10. The van der Waals surface area contributed by atoms with Gasteiger partial charge >= 0.3 is 0 Å². The molecule has 2 saturated heterocycles. The van der Waals surface area contributed by atoms with Crippen LogP contribution >= 0.6 is 24.0 Å². The van der Waals surface area contributed by atoms with Crippen molar-refractivity contribution in [1.82, 2.24) is 4.90 Å². The van der Waals surface area contributed by atoms with E-state index in [4.69, 9.17) is 21.7 Å². The fraction of sp³-hybridized carbons (Fsp3) is 0.375. The van der Waals surface area contributed by atoms with Crippen LogP contribution in [0.1, 0.15) is 12.0 Å². The molecule has 2 aliphatic rings. The van der Waals surface area contributed by atoms with E-state index in [1.807, 2.05) is 6.07 Å². The number of carbonyl (C=O) groups is 1. The fourth-order valence-corrected chi connectivity index (χ4v) is 5.97. The smallest absolute Gasteiger partial charge is 0.266 e. The number of carbonyl (C=O) groups excluding carboxylic acids is 1. The first-order valence-corrected chi connectivity index (χ1v) is 10.6. The fourth-order valence-electron chi connectivity index (χ4n) is 2.87. The minimum Gasteiger partial charge on any atom is -0.493 e. The monoisotopic (exact) mass is 399 g/mol. The van der Waals surface area contributed by atoms with Gasteiger partial charge in [-0.1, -0.05) is 30.0 Å². The first kappa shape index (κ1) is 18.2. The van der Waals surface area contributed by atoms with Crippen molar-refractivity contribution >= 4 is 50.1 Å². The molecule has 0 saturated carbocycles. The molecule has 0 spiro atoms. The van der Waals surface area contributed by atoms with Crippen LogP contribution in [0, 0.1) is 0 Å². The molecule has 1 aromatic carbocycles. The van der Waals surface area contributed by atoms with Gasteiger partial charge < -0.3 is 9.47 Å². The minimum atomic E-state index is -3.09. The highest BCUT2D eigenvalue weighted by Crippen LogP contribution is 2.37. The summed E-state index contributed by atoms with van der Waals surface area (Å²) in [6.07, 6.45) is 2.16. The number of sulfone groups is 1. The first-order valence-electron chi connectivity index (χ1n) is 7.54. The van der Waals surface area contributed by atoms with E-state index in [2.05, 4.69) is 0 Å². The van der Waals surface area contributed by atoms with Crippen molar-refractivity contribution in [3.8, 4) is 11.5 Å². The van der Waals surface area contributed by atoms with Gasteiger partial charge in [-0.05, 0) is 30.2 Å². The zero-order chi connectivity index (χ0) is 18.2. The molecule has 0 unspecified atom stereocenters. The highest BCUT2D eigenvalue weighted by molar-refractivity contribution is 8.26. The molecule has 2 fully saturated rings. The molecule has 1 amide bonds. The van der Waals surface area contributed by atoms with Crippen LogP contribution in [0.15, 0.2) is 23.1 Å². The maximum Gasteiger partial charge on any atom is 0.266 e. The standard InChI is InChI=1S/C16H17NO5S3/c1-21-12-4-3-10(7-13(12)22-2)8-14-15(18)17(16(23)24-14)11-5-6-25(19,20)9-11/h3-4,7-8,11H,5-6,9H2,1-2H3/b14-8+/t11-/m1/s1. The van der Waals surface area contributed by atoms with Crippen molar-refractivity contribution in [2.24, 2.45) is 0 Å². The first-order chi connectivity index (χ1) is 11.8. The van der Waals surface area contributed by atoms with Gasteiger partial charge in [0.1, 0.15) is 4.32 Å². The number of thiocarbonyl (C=S) groups is 1. The Bertz CT molecular complexity index is 863. The maximum atomic E-state index is 12.7. The van der Waals surface area contributed by atoms with Crippen LogP contribution in [0.2, 0.25) is 0 Å². The Kier molecular flexibility index (Phi) is 5.08. The van der Waals surface area contributed by atoms with Crippen molar-refractivity contribution in [2.45, 2.75) is 12.5 Å². The molecule has 25 heavy (non-hydrogen) atoms. The van der Waals surface area contributed by atoms with Gasteiger partial charge in [-0.25, -0.2) is 8.42 Å². The van der Waals surface area contributed by atoms with E-state index in [-0.39, 0.29) is 23.5 Å². The molecule has 9 heteroatoms. The number of methoxy groups -OCH3 is 2. The van der Waals surface area contributed by atoms with E-state index in [1.165, 1.54) is 16.7 Å². The normalized spacial score (nSPS) is 24.2. The number of ether oxygens (including phenoxy) is 2. The third kappa shape index (κ3) is 3.68. The number of thioether (sulfide) groups is 1. The second-order valence-electron chi connectivity index (χ2n) is 5.72. The lowest BCUT2D eigenvalue weighted by molar-refractivity contribution is -0.123. The number of amides is 1. The predicted octanol–water partition coefficient (Wildman–Crippen LogP) is 2.09. The number of rotatable bonds is 4. The summed E-state index contributed by atoms with van der Waals surface area (Å²) in [5, 5.41) is 0. The number of nitrogens with zero attached hydrogens (tertiary/aromatic N) is 1. The summed E-state index contributed by atoms with van der Waals surface area (Å²) in [6.45, 7) is 0. The minimum absolute atomic E-state index is 0.0247. The van der Waals surface area contributed by atoms with Gasteiger partial charge in [0.15, 0.2) is 21.3 Å². The molecule has 6 nitrogen and oxygen atoms in total. The highest BCUT2D eigenvalue weighted by atomic mass is 32.2. The summed E-state index contributed by atoms with van der Waals surface area (Å²) >= 11 is 6.49. The van der Waals surface area contributed by atoms with E-state index >= 15 is 0 Å². The van der Waals surface area contributed by atoms with Gasteiger partial charge in [0.2, 0.25) is 0 Å². The van der Waals surface area contributed by atoms with Gasteiger partial charge in [-0.3, -0.25) is 9.69 Å². The van der Waals surface area contributed by atoms with Crippen LogP contribution < -0.4 is 9.47 Å². The molecule has 2 aliphatic heterocycles. The molecular formula is C16H17NO5S3. The van der Waals surface area contributed by atoms with Crippen molar-refractivity contribution in [1.29, 1.82) is 0 Å². The molecule has 0 N–H and O–H groups in total. The van der Waals surface area contributed by atoms with Crippen LogP contribution in [-0.2, 0) is 14.6 Å². The second kappa shape index (κ2) is 6.97. The van der Waals surface area contributed by atoms with Gasteiger partial charge in [0.25, 0.3) is 5.91 Å². The van der Waals surface area contributed by atoms with E-state index in [9.17, 15) is 13.2 Å². The van der Waals surface area contributed by atoms with Crippen LogP contribution in [-0.4, -0.2) is 55.3 Å². The van der Waals surface area contributed by atoms with E-state index in [0.29, 0.717) is 27.1 Å². The van der Waals surface area contributed by atoms with Crippen LogP contribution in [0.3, 0.4) is 0 Å². The van der Waals surface area contributed by atoms with Crippen LogP contribution in [0.5, 0.6) is 11.5 Å². The van der Waals surface area contributed by atoms with Crippen LogP contribution in [0.25, 0.3) is 6.08 Å². The number of hydrogen-bond donors (Lipinski definition) is 0. The highest BCUT2D eigenvalue weighted by Gasteiger charge is 2.42. The average molecular weight is 400 g/mol. The molecular weight excluding hydrogens is 382 g/mol. The Morgan fingerprint density at radius 2 is 2.00 bits per heavy atom. The predicted molar refractivity (Wildman–Crippen MR) is 102 cm³/mol. The van der Waals surface area contributed by atoms with Gasteiger partial charge in [-0.2, -0.15) is 0 Å². The molecule has 134 valence electrons. The summed E-state index contributed by atoms with van der Waals surface area (Å²) in [5.74, 6) is 0.996.